The molecule has 0 saturated heterocycles. The summed E-state index contributed by atoms with van der Waals surface area (Å²) < 4.78 is 0.454. The topological polar surface area (TPSA) is 32.3 Å². The van der Waals surface area contributed by atoms with E-state index in [0.717, 1.165) is 19.4 Å². The van der Waals surface area contributed by atoms with Gasteiger partial charge in [0.15, 0.2) is 0 Å². The number of hydrogen-bond acceptors (Lipinski definition) is 3. The molecular formula is C14H27NOS. The Hall–Kier alpha value is 0.270. The Morgan fingerprint density at radius 3 is 2.47 bits per heavy atom. The minimum atomic E-state index is -0.105. The van der Waals surface area contributed by atoms with E-state index < -0.39 is 0 Å². The van der Waals surface area contributed by atoms with E-state index in [0.29, 0.717) is 10.8 Å². The van der Waals surface area contributed by atoms with Gasteiger partial charge in [-0.05, 0) is 31.9 Å². The van der Waals surface area contributed by atoms with Gasteiger partial charge in [0.1, 0.15) is 0 Å². The molecule has 2 aliphatic carbocycles. The molecule has 2 fully saturated rings. The van der Waals surface area contributed by atoms with Gasteiger partial charge in [-0.25, -0.2) is 0 Å². The lowest BCUT2D eigenvalue weighted by atomic mass is 9.87. The van der Waals surface area contributed by atoms with Crippen LogP contribution in [-0.4, -0.2) is 34.8 Å². The zero-order valence-corrected chi connectivity index (χ0v) is 11.9. The van der Waals surface area contributed by atoms with Gasteiger partial charge in [-0.15, -0.1) is 0 Å². The van der Waals surface area contributed by atoms with Crippen molar-refractivity contribution < 1.29 is 5.11 Å². The number of hydrogen-bond donors (Lipinski definition) is 2. The zero-order chi connectivity index (χ0) is 12.1. The second kappa shape index (κ2) is 6.44. The standard InChI is InChI=1S/C14H27NOS/c1-17-14(9-5-2-6-10-14)11-15-12-7-3-4-8-13(12)16/h12-13,15-16H,2-11H2,1H3. The minimum Gasteiger partial charge on any atom is -0.392 e. The monoisotopic (exact) mass is 257 g/mol. The quantitative estimate of drug-likeness (QED) is 0.812. The average molecular weight is 257 g/mol. The summed E-state index contributed by atoms with van der Waals surface area (Å²) in [5, 5.41) is 13.6. The maximum absolute atomic E-state index is 9.99. The molecule has 17 heavy (non-hydrogen) atoms. The summed E-state index contributed by atoms with van der Waals surface area (Å²) in [5.41, 5.74) is 0. The van der Waals surface area contributed by atoms with E-state index in [1.165, 1.54) is 44.9 Å². The van der Waals surface area contributed by atoms with Crippen LogP contribution in [0, 0.1) is 0 Å². The molecule has 0 amide bonds. The van der Waals surface area contributed by atoms with Crippen molar-refractivity contribution in [3.63, 3.8) is 0 Å². The van der Waals surface area contributed by atoms with Gasteiger partial charge < -0.3 is 10.4 Å². The molecule has 0 aromatic rings. The van der Waals surface area contributed by atoms with Crippen molar-refractivity contribution in [1.29, 1.82) is 0 Å². The lowest BCUT2D eigenvalue weighted by Gasteiger charge is -2.38. The lowest BCUT2D eigenvalue weighted by Crippen LogP contribution is -2.48. The van der Waals surface area contributed by atoms with Gasteiger partial charge in [-0.1, -0.05) is 32.1 Å². The van der Waals surface area contributed by atoms with Crippen LogP contribution in [0.2, 0.25) is 0 Å². The Morgan fingerprint density at radius 1 is 1.12 bits per heavy atom. The Kier molecular flexibility index (Phi) is 5.19. The van der Waals surface area contributed by atoms with Crippen LogP contribution in [0.15, 0.2) is 0 Å². The van der Waals surface area contributed by atoms with Gasteiger partial charge in [0.25, 0.3) is 0 Å². The summed E-state index contributed by atoms with van der Waals surface area (Å²) in [4.78, 5) is 0. The molecule has 0 bridgehead atoms. The summed E-state index contributed by atoms with van der Waals surface area (Å²) >= 11 is 2.04. The van der Waals surface area contributed by atoms with Crippen molar-refractivity contribution in [3.8, 4) is 0 Å². The molecule has 100 valence electrons. The molecule has 0 aliphatic heterocycles. The van der Waals surface area contributed by atoms with Gasteiger partial charge in [-0.3, -0.25) is 0 Å². The minimum absolute atomic E-state index is 0.105. The van der Waals surface area contributed by atoms with E-state index >= 15 is 0 Å². The highest BCUT2D eigenvalue weighted by molar-refractivity contribution is 8.00. The predicted octanol–water partition coefficient (Wildman–Crippen LogP) is 2.95. The smallest absolute Gasteiger partial charge is 0.0693 e. The van der Waals surface area contributed by atoms with Crippen LogP contribution >= 0.6 is 11.8 Å². The van der Waals surface area contributed by atoms with E-state index in [4.69, 9.17) is 0 Å². The molecule has 2 rings (SSSR count). The van der Waals surface area contributed by atoms with Crippen LogP contribution in [-0.2, 0) is 0 Å². The van der Waals surface area contributed by atoms with E-state index in [-0.39, 0.29) is 6.10 Å². The molecule has 0 heterocycles. The van der Waals surface area contributed by atoms with Gasteiger partial charge in [0, 0.05) is 17.3 Å². The number of aliphatic hydroxyl groups is 1. The average Bonchev–Trinajstić information content (AvgIpc) is 2.39. The van der Waals surface area contributed by atoms with Gasteiger partial charge >= 0.3 is 0 Å². The maximum Gasteiger partial charge on any atom is 0.0693 e. The normalized spacial score (nSPS) is 33.5. The molecule has 0 radical (unpaired) electrons. The van der Waals surface area contributed by atoms with Gasteiger partial charge in [0.05, 0.1) is 6.10 Å². The summed E-state index contributed by atoms with van der Waals surface area (Å²) in [6.07, 6.45) is 13.7. The van der Waals surface area contributed by atoms with Gasteiger partial charge in [0.2, 0.25) is 0 Å². The Bertz CT molecular complexity index is 228. The molecule has 2 N–H and O–H groups in total. The summed E-state index contributed by atoms with van der Waals surface area (Å²) in [7, 11) is 0. The third-order valence-corrected chi connectivity index (χ3v) is 6.03. The highest BCUT2D eigenvalue weighted by atomic mass is 32.2. The third-order valence-electron chi connectivity index (χ3n) is 4.61. The first-order valence-electron chi connectivity index (χ1n) is 7.22. The molecule has 3 heteroatoms. The fourth-order valence-electron chi connectivity index (χ4n) is 3.32. The third kappa shape index (κ3) is 3.62. The van der Waals surface area contributed by atoms with E-state index in [1.807, 2.05) is 11.8 Å². The molecule has 0 spiro atoms. The van der Waals surface area contributed by atoms with Crippen LogP contribution in [0.25, 0.3) is 0 Å². The van der Waals surface area contributed by atoms with Crippen molar-refractivity contribution >= 4 is 11.8 Å². The highest BCUT2D eigenvalue weighted by Gasteiger charge is 2.32. The van der Waals surface area contributed by atoms with E-state index in [1.54, 1.807) is 0 Å². The largest absolute Gasteiger partial charge is 0.392 e. The molecule has 0 aromatic carbocycles. The summed E-state index contributed by atoms with van der Waals surface area (Å²) in [6.45, 7) is 1.09. The number of rotatable bonds is 4. The van der Waals surface area contributed by atoms with Crippen LogP contribution in [0.5, 0.6) is 0 Å². The molecule has 2 nitrogen and oxygen atoms in total. The second-order valence-corrected chi connectivity index (χ2v) is 7.06. The van der Waals surface area contributed by atoms with E-state index in [9.17, 15) is 5.11 Å². The van der Waals surface area contributed by atoms with Gasteiger partial charge in [-0.2, -0.15) is 11.8 Å². The molecule has 2 atom stereocenters. The fraction of sp³-hybridized carbons (Fsp3) is 1.00. The predicted molar refractivity (Wildman–Crippen MR) is 75.6 cm³/mol. The van der Waals surface area contributed by atoms with Crippen LogP contribution < -0.4 is 5.32 Å². The highest BCUT2D eigenvalue weighted by Crippen LogP contribution is 2.38. The molecule has 2 aliphatic rings. The van der Waals surface area contributed by atoms with Crippen molar-refractivity contribution in [1.82, 2.24) is 5.32 Å². The summed E-state index contributed by atoms with van der Waals surface area (Å²) in [5.74, 6) is 0. The lowest BCUT2D eigenvalue weighted by molar-refractivity contribution is 0.0888. The Morgan fingerprint density at radius 2 is 1.82 bits per heavy atom. The zero-order valence-electron chi connectivity index (χ0n) is 11.1. The van der Waals surface area contributed by atoms with Crippen LogP contribution in [0.4, 0.5) is 0 Å². The SMILES string of the molecule is CSC1(CNC2CCCCC2O)CCCCC1. The molecule has 2 saturated carbocycles. The van der Waals surface area contributed by atoms with E-state index in [2.05, 4.69) is 11.6 Å². The van der Waals surface area contributed by atoms with Crippen molar-refractivity contribution in [2.24, 2.45) is 0 Å². The number of aliphatic hydroxyl groups excluding tert-OH is 1. The second-order valence-electron chi connectivity index (χ2n) is 5.79. The Balaban J connectivity index is 1.82. The van der Waals surface area contributed by atoms with Crippen molar-refractivity contribution in [3.05, 3.63) is 0 Å². The maximum atomic E-state index is 9.99. The molecular weight excluding hydrogens is 230 g/mol. The fourth-order valence-corrected chi connectivity index (χ4v) is 4.24. The first-order chi connectivity index (χ1) is 8.26. The molecule has 2 unspecified atom stereocenters. The van der Waals surface area contributed by atoms with Crippen LogP contribution in [0.3, 0.4) is 0 Å². The van der Waals surface area contributed by atoms with Crippen LogP contribution in [0.1, 0.15) is 57.8 Å². The number of nitrogens with one attached hydrogen (secondary N) is 1. The Labute approximate surface area is 110 Å². The number of thioether (sulfide) groups is 1. The summed E-state index contributed by atoms with van der Waals surface area (Å²) in [6, 6.07) is 0.356. The molecule has 0 aromatic heterocycles. The first-order valence-corrected chi connectivity index (χ1v) is 8.45. The van der Waals surface area contributed by atoms with Crippen molar-refractivity contribution in [2.75, 3.05) is 12.8 Å². The first kappa shape index (κ1) is 13.7. The van der Waals surface area contributed by atoms with Crippen molar-refractivity contribution in [2.45, 2.75) is 74.7 Å².